The number of hydrogen-bond acceptors (Lipinski definition) is 4. The van der Waals surface area contributed by atoms with Crippen LogP contribution >= 0.6 is 0 Å². The van der Waals surface area contributed by atoms with E-state index >= 15 is 0 Å². The van der Waals surface area contributed by atoms with Crippen molar-refractivity contribution in [2.45, 2.75) is 63.4 Å². The van der Waals surface area contributed by atoms with E-state index in [0.717, 1.165) is 25.7 Å². The van der Waals surface area contributed by atoms with E-state index in [1.54, 1.807) is 0 Å². The smallest absolute Gasteiger partial charge is 0.251 e. The van der Waals surface area contributed by atoms with Gasteiger partial charge in [0.15, 0.2) is 5.79 Å². The minimum atomic E-state index is -0.526. The Bertz CT molecular complexity index is 344. The first-order chi connectivity index (χ1) is 9.72. The van der Waals surface area contributed by atoms with Gasteiger partial charge in [0.1, 0.15) is 6.10 Å². The van der Waals surface area contributed by atoms with Gasteiger partial charge in [0.2, 0.25) is 0 Å². The fourth-order valence-corrected chi connectivity index (χ4v) is 3.46. The van der Waals surface area contributed by atoms with Gasteiger partial charge in [0, 0.05) is 13.0 Å². The second-order valence-electron chi connectivity index (χ2n) is 6.06. The van der Waals surface area contributed by atoms with Gasteiger partial charge in [-0.25, -0.2) is 0 Å². The first kappa shape index (κ1) is 14.3. The largest absolute Gasteiger partial charge is 0.365 e. The molecule has 3 aliphatic rings. The first-order valence-electron chi connectivity index (χ1n) is 7.94. The molecule has 0 aromatic carbocycles. The highest BCUT2D eigenvalue weighted by molar-refractivity contribution is 5.81. The van der Waals surface area contributed by atoms with E-state index in [9.17, 15) is 4.79 Å². The quantitative estimate of drug-likeness (QED) is 0.788. The summed E-state index contributed by atoms with van der Waals surface area (Å²) in [4.78, 5) is 14.4. The summed E-state index contributed by atoms with van der Waals surface area (Å²) in [5.41, 5.74) is 0. The van der Waals surface area contributed by atoms with Crippen molar-refractivity contribution in [1.29, 1.82) is 0 Å². The van der Waals surface area contributed by atoms with Crippen molar-refractivity contribution >= 4 is 5.91 Å². The van der Waals surface area contributed by atoms with Crippen LogP contribution in [-0.4, -0.2) is 55.1 Å². The fourth-order valence-electron chi connectivity index (χ4n) is 3.46. The molecule has 2 aliphatic heterocycles. The lowest BCUT2D eigenvalue weighted by Crippen LogP contribution is -2.43. The maximum absolute atomic E-state index is 12.6. The standard InChI is InChI=1S/C15H25NO4/c1-2-13(20-12-5-3-4-6-12)14(17)16-8-7-15(11-16)18-9-10-19-15/h12-13H,2-11H2,1H3/t13-/m0/s1. The van der Waals surface area contributed by atoms with Gasteiger partial charge < -0.3 is 19.1 Å². The molecule has 0 unspecified atom stereocenters. The molecule has 3 rings (SSSR count). The molecule has 1 amide bonds. The highest BCUT2D eigenvalue weighted by Gasteiger charge is 2.46. The predicted molar refractivity (Wildman–Crippen MR) is 73.3 cm³/mol. The molecule has 2 saturated heterocycles. The van der Waals surface area contributed by atoms with Crippen LogP contribution in [0, 0.1) is 0 Å². The summed E-state index contributed by atoms with van der Waals surface area (Å²) >= 11 is 0. The van der Waals surface area contributed by atoms with Crippen molar-refractivity contribution in [3.05, 3.63) is 0 Å². The third-order valence-electron chi connectivity index (χ3n) is 4.62. The Labute approximate surface area is 120 Å². The minimum absolute atomic E-state index is 0.107. The van der Waals surface area contributed by atoms with Crippen molar-refractivity contribution in [1.82, 2.24) is 4.90 Å². The Hall–Kier alpha value is -0.650. The van der Waals surface area contributed by atoms with E-state index in [-0.39, 0.29) is 18.1 Å². The molecule has 1 atom stereocenters. The molecule has 3 fully saturated rings. The number of carbonyl (C=O) groups is 1. The Morgan fingerprint density at radius 3 is 2.70 bits per heavy atom. The van der Waals surface area contributed by atoms with Crippen molar-refractivity contribution in [3.8, 4) is 0 Å². The van der Waals surface area contributed by atoms with Crippen LogP contribution in [0.4, 0.5) is 0 Å². The first-order valence-corrected chi connectivity index (χ1v) is 7.94. The zero-order valence-corrected chi connectivity index (χ0v) is 12.3. The number of nitrogens with zero attached hydrogens (tertiary/aromatic N) is 1. The minimum Gasteiger partial charge on any atom is -0.365 e. The van der Waals surface area contributed by atoms with Crippen molar-refractivity contribution in [2.75, 3.05) is 26.3 Å². The van der Waals surface area contributed by atoms with Gasteiger partial charge in [0.25, 0.3) is 5.91 Å². The van der Waals surface area contributed by atoms with Crippen LogP contribution in [0.3, 0.4) is 0 Å². The van der Waals surface area contributed by atoms with E-state index in [0.29, 0.717) is 26.3 Å². The van der Waals surface area contributed by atoms with Gasteiger partial charge in [-0.2, -0.15) is 0 Å². The van der Waals surface area contributed by atoms with Gasteiger partial charge >= 0.3 is 0 Å². The van der Waals surface area contributed by atoms with Gasteiger partial charge in [-0.1, -0.05) is 19.8 Å². The Morgan fingerprint density at radius 1 is 1.35 bits per heavy atom. The number of rotatable bonds is 4. The normalized spacial score (nSPS) is 27.6. The Kier molecular flexibility index (Phi) is 4.29. The van der Waals surface area contributed by atoms with E-state index in [4.69, 9.17) is 14.2 Å². The van der Waals surface area contributed by atoms with Crippen molar-refractivity contribution in [2.24, 2.45) is 0 Å². The van der Waals surface area contributed by atoms with Crippen LogP contribution in [0.5, 0.6) is 0 Å². The summed E-state index contributed by atoms with van der Waals surface area (Å²) in [6.07, 6.45) is 6.14. The highest BCUT2D eigenvalue weighted by Crippen LogP contribution is 2.31. The van der Waals surface area contributed by atoms with Gasteiger partial charge in [0.05, 0.1) is 25.9 Å². The van der Waals surface area contributed by atoms with E-state index < -0.39 is 5.79 Å². The zero-order chi connectivity index (χ0) is 14.0. The molecular formula is C15H25NO4. The predicted octanol–water partition coefficient (Wildman–Crippen LogP) is 1.70. The summed E-state index contributed by atoms with van der Waals surface area (Å²) < 4.78 is 17.4. The van der Waals surface area contributed by atoms with Gasteiger partial charge in [-0.05, 0) is 19.3 Å². The third-order valence-corrected chi connectivity index (χ3v) is 4.62. The van der Waals surface area contributed by atoms with Gasteiger partial charge in [-0.15, -0.1) is 0 Å². The lowest BCUT2D eigenvalue weighted by atomic mass is 10.2. The van der Waals surface area contributed by atoms with E-state index in [1.165, 1.54) is 12.8 Å². The van der Waals surface area contributed by atoms with Crippen LogP contribution in [0.2, 0.25) is 0 Å². The van der Waals surface area contributed by atoms with Crippen LogP contribution in [0.15, 0.2) is 0 Å². The average molecular weight is 283 g/mol. The summed E-state index contributed by atoms with van der Waals surface area (Å²) in [5.74, 6) is -0.420. The highest BCUT2D eigenvalue weighted by atomic mass is 16.7. The second-order valence-corrected chi connectivity index (χ2v) is 6.06. The molecule has 0 N–H and O–H groups in total. The van der Waals surface area contributed by atoms with E-state index in [2.05, 4.69) is 0 Å². The molecular weight excluding hydrogens is 258 g/mol. The summed E-state index contributed by atoms with van der Waals surface area (Å²) in [5, 5.41) is 0. The monoisotopic (exact) mass is 283 g/mol. The summed E-state index contributed by atoms with van der Waals surface area (Å²) in [7, 11) is 0. The molecule has 0 aromatic rings. The lowest BCUT2D eigenvalue weighted by molar-refractivity contribution is -0.160. The maximum atomic E-state index is 12.6. The lowest BCUT2D eigenvalue weighted by Gasteiger charge is -2.26. The number of hydrogen-bond donors (Lipinski definition) is 0. The molecule has 20 heavy (non-hydrogen) atoms. The van der Waals surface area contributed by atoms with Crippen LogP contribution < -0.4 is 0 Å². The molecule has 5 nitrogen and oxygen atoms in total. The Morgan fingerprint density at radius 2 is 2.05 bits per heavy atom. The average Bonchev–Trinajstić information content (AvgIpc) is 3.19. The topological polar surface area (TPSA) is 48.0 Å². The fraction of sp³-hybridized carbons (Fsp3) is 0.933. The van der Waals surface area contributed by atoms with Crippen molar-refractivity contribution in [3.63, 3.8) is 0 Å². The molecule has 0 aromatic heterocycles. The van der Waals surface area contributed by atoms with Crippen LogP contribution in [0.1, 0.15) is 45.4 Å². The molecule has 1 aliphatic carbocycles. The van der Waals surface area contributed by atoms with Crippen LogP contribution in [-0.2, 0) is 19.0 Å². The molecule has 1 saturated carbocycles. The number of likely N-dealkylation sites (tertiary alicyclic amines) is 1. The van der Waals surface area contributed by atoms with Crippen LogP contribution in [0.25, 0.3) is 0 Å². The maximum Gasteiger partial charge on any atom is 0.251 e. The molecule has 114 valence electrons. The molecule has 2 heterocycles. The molecule has 5 heteroatoms. The van der Waals surface area contributed by atoms with E-state index in [1.807, 2.05) is 11.8 Å². The summed E-state index contributed by atoms with van der Waals surface area (Å²) in [6.45, 7) is 4.56. The Balaban J connectivity index is 1.56. The number of amides is 1. The SMILES string of the molecule is CC[C@H](OC1CCCC1)C(=O)N1CCC2(C1)OCCO2. The molecule has 0 bridgehead atoms. The van der Waals surface area contributed by atoms with Crippen molar-refractivity contribution < 1.29 is 19.0 Å². The molecule has 1 spiro atoms. The number of carbonyl (C=O) groups excluding carboxylic acids is 1. The third kappa shape index (κ3) is 2.85. The summed E-state index contributed by atoms with van der Waals surface area (Å²) in [6, 6.07) is 0. The molecule has 0 radical (unpaired) electrons. The second kappa shape index (κ2) is 6.00. The zero-order valence-electron chi connectivity index (χ0n) is 12.3. The number of ether oxygens (including phenoxy) is 3. The van der Waals surface area contributed by atoms with Gasteiger partial charge in [-0.3, -0.25) is 4.79 Å².